The van der Waals surface area contributed by atoms with Crippen molar-refractivity contribution in [1.82, 2.24) is 0 Å². The third-order valence-corrected chi connectivity index (χ3v) is 7.30. The number of benzene rings is 2. The number of rotatable bonds is 22. The summed E-state index contributed by atoms with van der Waals surface area (Å²) in [4.78, 5) is 0. The predicted octanol–water partition coefficient (Wildman–Crippen LogP) is 9.68. The summed E-state index contributed by atoms with van der Waals surface area (Å²) in [6.07, 6.45) is 26.4. The number of unbranched alkanes of at least 4 members (excludes halogenated alkanes) is 15. The summed E-state index contributed by atoms with van der Waals surface area (Å²) in [7, 11) is 0. The van der Waals surface area contributed by atoms with Gasteiger partial charge in [0, 0.05) is 0 Å². The quantitative estimate of drug-likeness (QED) is 0.173. The minimum Gasteiger partial charge on any atom is -0.330 e. The zero-order valence-corrected chi connectivity index (χ0v) is 22.1. The van der Waals surface area contributed by atoms with Crippen molar-refractivity contribution in [2.75, 3.05) is 6.54 Å². The van der Waals surface area contributed by atoms with Gasteiger partial charge in [-0.05, 0) is 49.3 Å². The van der Waals surface area contributed by atoms with E-state index in [-0.39, 0.29) is 0 Å². The molecule has 1 nitrogen and oxygen atoms in total. The van der Waals surface area contributed by atoms with Crippen LogP contribution >= 0.6 is 0 Å². The Morgan fingerprint density at radius 3 is 1.09 bits per heavy atom. The van der Waals surface area contributed by atoms with Crippen LogP contribution in [0.2, 0.25) is 0 Å². The molecule has 0 atom stereocenters. The van der Waals surface area contributed by atoms with Crippen molar-refractivity contribution in [3.8, 4) is 0 Å². The second-order valence-electron chi connectivity index (χ2n) is 10.5. The van der Waals surface area contributed by atoms with Crippen molar-refractivity contribution in [2.45, 2.75) is 122 Å². The van der Waals surface area contributed by atoms with E-state index >= 15 is 0 Å². The van der Waals surface area contributed by atoms with Gasteiger partial charge < -0.3 is 5.73 Å². The average molecular weight is 464 g/mol. The number of nitrogens with two attached hydrogens (primary N) is 1. The van der Waals surface area contributed by atoms with Crippen LogP contribution in [0, 0.1) is 5.92 Å². The smallest absolute Gasteiger partial charge is 0.00773 e. The van der Waals surface area contributed by atoms with Crippen LogP contribution in [0.1, 0.15) is 120 Å². The minimum absolute atomic E-state index is 0.760. The molecule has 1 heteroatoms. The highest BCUT2D eigenvalue weighted by Crippen LogP contribution is 2.22. The summed E-state index contributed by atoms with van der Waals surface area (Å²) in [5, 5.41) is 0. The topological polar surface area (TPSA) is 26.0 Å². The van der Waals surface area contributed by atoms with Crippen LogP contribution in [0.25, 0.3) is 0 Å². The van der Waals surface area contributed by atoms with Gasteiger partial charge in [-0.2, -0.15) is 0 Å². The Labute approximate surface area is 211 Å². The molecule has 0 aliphatic heterocycles. The van der Waals surface area contributed by atoms with Crippen molar-refractivity contribution in [2.24, 2.45) is 11.7 Å². The molecule has 2 rings (SSSR count). The fraction of sp³-hybridized carbons (Fsp3) is 0.636. The Kier molecular flexibility index (Phi) is 17.5. The van der Waals surface area contributed by atoms with Crippen LogP contribution in [-0.4, -0.2) is 6.54 Å². The molecule has 0 saturated heterocycles. The molecule has 0 aliphatic carbocycles. The molecular weight excluding hydrogens is 410 g/mol. The van der Waals surface area contributed by atoms with Gasteiger partial charge in [0.05, 0.1) is 0 Å². The third-order valence-electron chi connectivity index (χ3n) is 7.30. The fourth-order valence-electron chi connectivity index (χ4n) is 5.22. The van der Waals surface area contributed by atoms with E-state index in [0.29, 0.717) is 0 Å². The maximum atomic E-state index is 5.55. The zero-order valence-electron chi connectivity index (χ0n) is 22.1. The second-order valence-corrected chi connectivity index (χ2v) is 10.5. The lowest BCUT2D eigenvalue weighted by molar-refractivity contribution is 0.444. The molecule has 2 N–H and O–H groups in total. The molecular formula is C33H53N. The second kappa shape index (κ2) is 20.7. The summed E-state index contributed by atoms with van der Waals surface area (Å²) in [5.41, 5.74) is 8.53. The summed E-state index contributed by atoms with van der Waals surface area (Å²) >= 11 is 0. The molecule has 0 heterocycles. The van der Waals surface area contributed by atoms with E-state index in [9.17, 15) is 0 Å². The van der Waals surface area contributed by atoms with Gasteiger partial charge in [-0.15, -0.1) is 0 Å². The monoisotopic (exact) mass is 463 g/mol. The summed E-state index contributed by atoms with van der Waals surface area (Å²) in [5.74, 6) is 0.760. The molecule has 0 saturated carbocycles. The van der Waals surface area contributed by atoms with E-state index < -0.39 is 0 Å². The van der Waals surface area contributed by atoms with E-state index in [1.807, 2.05) is 0 Å². The molecule has 190 valence electrons. The fourth-order valence-corrected chi connectivity index (χ4v) is 5.22. The molecule has 0 unspecified atom stereocenters. The lowest BCUT2D eigenvalue weighted by Crippen LogP contribution is -2.08. The summed E-state index contributed by atoms with van der Waals surface area (Å²) in [6, 6.07) is 22.2. The van der Waals surface area contributed by atoms with Gasteiger partial charge in [0.1, 0.15) is 0 Å². The van der Waals surface area contributed by atoms with Crippen LogP contribution in [-0.2, 0) is 12.8 Å². The zero-order chi connectivity index (χ0) is 23.9. The Bertz CT molecular complexity index is 624. The first kappa shape index (κ1) is 28.6. The molecule has 0 spiro atoms. The van der Waals surface area contributed by atoms with Crippen LogP contribution in [0.3, 0.4) is 0 Å². The highest BCUT2D eigenvalue weighted by molar-refractivity contribution is 5.18. The van der Waals surface area contributed by atoms with Gasteiger partial charge in [-0.1, -0.05) is 157 Å². The first-order valence-electron chi connectivity index (χ1n) is 14.7. The molecule has 34 heavy (non-hydrogen) atoms. The predicted molar refractivity (Wildman–Crippen MR) is 151 cm³/mol. The van der Waals surface area contributed by atoms with Crippen molar-refractivity contribution in [3.05, 3.63) is 71.8 Å². The van der Waals surface area contributed by atoms with Gasteiger partial charge in [0.2, 0.25) is 0 Å². The molecule has 0 fully saturated rings. The number of hydrogen-bond acceptors (Lipinski definition) is 1. The molecule has 0 bridgehead atoms. The molecule has 0 radical (unpaired) electrons. The van der Waals surface area contributed by atoms with Gasteiger partial charge in [0.25, 0.3) is 0 Å². The van der Waals surface area contributed by atoms with E-state index in [1.54, 1.807) is 0 Å². The molecule has 2 aromatic carbocycles. The summed E-state index contributed by atoms with van der Waals surface area (Å²) < 4.78 is 0. The first-order chi connectivity index (χ1) is 16.9. The SMILES string of the molecule is NCCCCCCCCCCCCCCCCCCC(Cc1ccccc1)Cc1ccccc1. The Morgan fingerprint density at radius 2 is 0.735 bits per heavy atom. The maximum Gasteiger partial charge on any atom is -0.00773 e. The first-order valence-corrected chi connectivity index (χ1v) is 14.7. The van der Waals surface area contributed by atoms with Gasteiger partial charge in [0.15, 0.2) is 0 Å². The lowest BCUT2D eigenvalue weighted by Gasteiger charge is -2.17. The van der Waals surface area contributed by atoms with E-state index in [1.165, 1.54) is 133 Å². The molecule has 2 aromatic rings. The van der Waals surface area contributed by atoms with Gasteiger partial charge >= 0.3 is 0 Å². The molecule has 0 amide bonds. The average Bonchev–Trinajstić information content (AvgIpc) is 2.87. The highest BCUT2D eigenvalue weighted by Gasteiger charge is 2.11. The Balaban J connectivity index is 1.44. The molecule has 0 aliphatic rings. The minimum atomic E-state index is 0.760. The lowest BCUT2D eigenvalue weighted by atomic mass is 9.88. The Morgan fingerprint density at radius 1 is 0.412 bits per heavy atom. The van der Waals surface area contributed by atoms with Crippen molar-refractivity contribution >= 4 is 0 Å². The van der Waals surface area contributed by atoms with Crippen molar-refractivity contribution in [3.63, 3.8) is 0 Å². The van der Waals surface area contributed by atoms with Crippen molar-refractivity contribution < 1.29 is 0 Å². The Hall–Kier alpha value is -1.60. The largest absolute Gasteiger partial charge is 0.330 e. The standard InChI is InChI=1S/C33H53N/c34-28-22-14-12-10-8-6-4-2-1-3-5-7-9-11-13-17-27-33(29-31-23-18-15-19-24-31)30-32-25-20-16-21-26-32/h15-16,18-21,23-26,33H,1-14,17,22,27-30,34H2. The summed E-state index contributed by atoms with van der Waals surface area (Å²) in [6.45, 7) is 0.865. The van der Waals surface area contributed by atoms with Gasteiger partial charge in [-0.25, -0.2) is 0 Å². The highest BCUT2D eigenvalue weighted by atomic mass is 14.5. The van der Waals surface area contributed by atoms with E-state index in [4.69, 9.17) is 5.73 Å². The normalized spacial score (nSPS) is 11.4. The molecule has 0 aromatic heterocycles. The van der Waals surface area contributed by atoms with Crippen LogP contribution in [0.4, 0.5) is 0 Å². The van der Waals surface area contributed by atoms with E-state index in [0.717, 1.165) is 12.5 Å². The van der Waals surface area contributed by atoms with Crippen LogP contribution in [0.5, 0.6) is 0 Å². The third kappa shape index (κ3) is 15.3. The maximum absolute atomic E-state index is 5.55. The van der Waals surface area contributed by atoms with Crippen molar-refractivity contribution in [1.29, 1.82) is 0 Å². The van der Waals surface area contributed by atoms with Gasteiger partial charge in [-0.3, -0.25) is 0 Å². The van der Waals surface area contributed by atoms with Crippen LogP contribution < -0.4 is 5.73 Å². The van der Waals surface area contributed by atoms with E-state index in [2.05, 4.69) is 60.7 Å². The van der Waals surface area contributed by atoms with Crippen LogP contribution in [0.15, 0.2) is 60.7 Å². The number of hydrogen-bond donors (Lipinski definition) is 1.